The number of alkyl carbamates (subject to hydrolysis) is 1. The van der Waals surface area contributed by atoms with Crippen LogP contribution in [0, 0.1) is 5.92 Å². The van der Waals surface area contributed by atoms with E-state index in [1.807, 2.05) is 56.3 Å². The molecule has 1 aliphatic rings. The van der Waals surface area contributed by atoms with Crippen LogP contribution in [0.4, 0.5) is 4.79 Å². The fraction of sp³-hybridized carbons (Fsp3) is 0.536. The lowest BCUT2D eigenvalue weighted by Crippen LogP contribution is -2.51. The molecule has 1 fully saturated rings. The molecule has 9 heteroatoms. The molecule has 2 aromatic rings. The molecule has 204 valence electrons. The molecule has 8 nitrogen and oxygen atoms in total. The van der Waals surface area contributed by atoms with Gasteiger partial charge in [-0.2, -0.15) is 4.31 Å². The van der Waals surface area contributed by atoms with E-state index in [0.717, 1.165) is 11.1 Å². The third kappa shape index (κ3) is 8.53. The van der Waals surface area contributed by atoms with Crippen molar-refractivity contribution in [1.29, 1.82) is 0 Å². The number of benzene rings is 2. The molecule has 0 spiro atoms. The molecule has 0 aromatic heterocycles. The quantitative estimate of drug-likeness (QED) is 0.429. The smallest absolute Gasteiger partial charge is 0.407 e. The van der Waals surface area contributed by atoms with Crippen LogP contribution in [0.3, 0.4) is 0 Å². The highest BCUT2D eigenvalue weighted by atomic mass is 32.2. The summed E-state index contributed by atoms with van der Waals surface area (Å²) in [7, 11) is -3.87. The molecule has 1 aliphatic heterocycles. The van der Waals surface area contributed by atoms with Crippen LogP contribution in [-0.4, -0.2) is 68.5 Å². The molecular formula is C28H40N2O6S. The van der Waals surface area contributed by atoms with E-state index in [4.69, 9.17) is 9.47 Å². The summed E-state index contributed by atoms with van der Waals surface area (Å²) in [5, 5.41) is 14.1. The summed E-state index contributed by atoms with van der Waals surface area (Å²) in [6.07, 6.45) is -1.22. The standard InChI is InChI=1S/C28H40N2O6S/c1-20(2)17-30(37(33,34)25-12-10-23(11-13-25)21(3)4)18-27(31)26(16-22-8-6-5-7-9-22)29-28(32)36-24-14-15-35-19-24/h5-13,20-21,24,26-27,31H,14-19H2,1-4H3,(H,29,32)/t24?,26-,27+/m0/s1. The van der Waals surface area contributed by atoms with Crippen LogP contribution in [0.5, 0.6) is 0 Å². The van der Waals surface area contributed by atoms with Crippen molar-refractivity contribution < 1.29 is 27.8 Å². The van der Waals surface area contributed by atoms with Crippen LogP contribution >= 0.6 is 0 Å². The number of rotatable bonds is 12. The number of nitrogens with zero attached hydrogens (tertiary/aromatic N) is 1. The molecule has 1 unspecified atom stereocenters. The number of carbonyl (C=O) groups is 1. The molecule has 0 aliphatic carbocycles. The first-order chi connectivity index (χ1) is 17.6. The topological polar surface area (TPSA) is 105 Å². The number of aliphatic hydroxyl groups excluding tert-OH is 1. The van der Waals surface area contributed by atoms with Crippen molar-refractivity contribution in [1.82, 2.24) is 9.62 Å². The zero-order chi connectivity index (χ0) is 27.0. The number of aliphatic hydroxyl groups is 1. The minimum atomic E-state index is -3.87. The maximum Gasteiger partial charge on any atom is 0.407 e. The maximum atomic E-state index is 13.6. The summed E-state index contributed by atoms with van der Waals surface area (Å²) in [5.41, 5.74) is 1.95. The Bertz CT molecular complexity index is 1080. The zero-order valence-electron chi connectivity index (χ0n) is 22.2. The molecule has 0 saturated carbocycles. The van der Waals surface area contributed by atoms with Crippen LogP contribution in [0.15, 0.2) is 59.5 Å². The predicted molar refractivity (Wildman–Crippen MR) is 143 cm³/mol. The third-order valence-corrected chi connectivity index (χ3v) is 8.22. The second kappa shape index (κ2) is 13.4. The number of hydrogen-bond acceptors (Lipinski definition) is 6. The molecule has 0 radical (unpaired) electrons. The van der Waals surface area contributed by atoms with Crippen LogP contribution in [0.25, 0.3) is 0 Å². The van der Waals surface area contributed by atoms with Crippen molar-refractivity contribution in [3.63, 3.8) is 0 Å². The summed E-state index contributed by atoms with van der Waals surface area (Å²) >= 11 is 0. The zero-order valence-corrected chi connectivity index (χ0v) is 23.0. The fourth-order valence-electron chi connectivity index (χ4n) is 4.28. The Morgan fingerprint density at radius 1 is 1.08 bits per heavy atom. The van der Waals surface area contributed by atoms with Crippen molar-refractivity contribution in [3.8, 4) is 0 Å². The summed E-state index contributed by atoms with van der Waals surface area (Å²) in [6.45, 7) is 8.90. The van der Waals surface area contributed by atoms with Gasteiger partial charge in [-0.25, -0.2) is 13.2 Å². The first-order valence-electron chi connectivity index (χ1n) is 12.9. The van der Waals surface area contributed by atoms with Gasteiger partial charge in [0, 0.05) is 19.5 Å². The second-order valence-corrected chi connectivity index (χ2v) is 12.3. The van der Waals surface area contributed by atoms with E-state index < -0.39 is 28.3 Å². The van der Waals surface area contributed by atoms with Gasteiger partial charge in [-0.15, -0.1) is 0 Å². The molecular weight excluding hydrogens is 492 g/mol. The lowest BCUT2D eigenvalue weighted by molar-refractivity contribution is 0.0644. The summed E-state index contributed by atoms with van der Waals surface area (Å²) in [6, 6.07) is 15.6. The van der Waals surface area contributed by atoms with Crippen molar-refractivity contribution in [3.05, 3.63) is 65.7 Å². The van der Waals surface area contributed by atoms with Crippen LogP contribution in [-0.2, 0) is 25.9 Å². The highest BCUT2D eigenvalue weighted by Gasteiger charge is 2.32. The summed E-state index contributed by atoms with van der Waals surface area (Å²) < 4.78 is 39.2. The Hall–Kier alpha value is -2.46. The predicted octanol–water partition coefficient (Wildman–Crippen LogP) is 3.94. The van der Waals surface area contributed by atoms with Crippen molar-refractivity contribution in [2.24, 2.45) is 5.92 Å². The lowest BCUT2D eigenvalue weighted by atomic mass is 10.0. The number of sulfonamides is 1. The van der Waals surface area contributed by atoms with Crippen molar-refractivity contribution >= 4 is 16.1 Å². The molecule has 1 amide bonds. The fourth-order valence-corrected chi connectivity index (χ4v) is 5.90. The van der Waals surface area contributed by atoms with E-state index in [1.54, 1.807) is 12.1 Å². The third-order valence-electron chi connectivity index (χ3n) is 6.37. The van der Waals surface area contributed by atoms with E-state index in [2.05, 4.69) is 19.2 Å². The Labute approximate surface area is 221 Å². The Morgan fingerprint density at radius 2 is 1.76 bits per heavy atom. The highest BCUT2D eigenvalue weighted by Crippen LogP contribution is 2.22. The normalized spacial score (nSPS) is 17.8. The molecule has 2 N–H and O–H groups in total. The highest BCUT2D eigenvalue weighted by molar-refractivity contribution is 7.89. The first kappa shape index (κ1) is 29.1. The van der Waals surface area contributed by atoms with Gasteiger partial charge in [-0.05, 0) is 41.5 Å². The summed E-state index contributed by atoms with van der Waals surface area (Å²) in [5.74, 6) is 0.315. The first-order valence-corrected chi connectivity index (χ1v) is 14.4. The second-order valence-electron chi connectivity index (χ2n) is 10.3. The minimum Gasteiger partial charge on any atom is -0.444 e. The van der Waals surface area contributed by atoms with E-state index in [9.17, 15) is 18.3 Å². The summed E-state index contributed by atoms with van der Waals surface area (Å²) in [4.78, 5) is 12.8. The largest absolute Gasteiger partial charge is 0.444 e. The maximum absolute atomic E-state index is 13.6. The van der Waals surface area contributed by atoms with Crippen molar-refractivity contribution in [2.75, 3.05) is 26.3 Å². The van der Waals surface area contributed by atoms with Crippen LogP contribution in [0.2, 0.25) is 0 Å². The van der Waals surface area contributed by atoms with Gasteiger partial charge in [-0.1, -0.05) is 70.2 Å². The number of amides is 1. The van der Waals surface area contributed by atoms with Gasteiger partial charge in [0.25, 0.3) is 0 Å². The molecule has 3 atom stereocenters. The molecule has 3 rings (SSSR count). The lowest BCUT2D eigenvalue weighted by Gasteiger charge is -2.30. The Balaban J connectivity index is 1.81. The van der Waals surface area contributed by atoms with E-state index in [-0.39, 0.29) is 35.9 Å². The van der Waals surface area contributed by atoms with Gasteiger partial charge in [-0.3, -0.25) is 0 Å². The number of carbonyl (C=O) groups excluding carboxylic acids is 1. The van der Waals surface area contributed by atoms with Gasteiger partial charge in [0.15, 0.2) is 0 Å². The molecule has 0 bridgehead atoms. The molecule has 2 aromatic carbocycles. The monoisotopic (exact) mass is 532 g/mol. The molecule has 1 heterocycles. The van der Waals surface area contributed by atoms with Gasteiger partial charge >= 0.3 is 6.09 Å². The number of hydrogen-bond donors (Lipinski definition) is 2. The number of ether oxygens (including phenoxy) is 2. The average Bonchev–Trinajstić information content (AvgIpc) is 3.36. The van der Waals surface area contributed by atoms with Crippen LogP contribution in [0.1, 0.15) is 51.2 Å². The van der Waals surface area contributed by atoms with Gasteiger partial charge < -0.3 is 19.9 Å². The number of nitrogens with one attached hydrogen (secondary N) is 1. The average molecular weight is 533 g/mol. The van der Waals surface area contributed by atoms with E-state index >= 15 is 0 Å². The van der Waals surface area contributed by atoms with Gasteiger partial charge in [0.1, 0.15) is 6.10 Å². The Kier molecular flexibility index (Phi) is 10.5. The molecule has 1 saturated heterocycles. The minimum absolute atomic E-state index is 0.0322. The van der Waals surface area contributed by atoms with Crippen molar-refractivity contribution in [2.45, 2.75) is 69.6 Å². The molecule has 37 heavy (non-hydrogen) atoms. The SMILES string of the molecule is CC(C)CN(C[C@@H](O)[C@H](Cc1ccccc1)NC(=O)OC1CCOC1)S(=O)(=O)c1ccc(C(C)C)cc1. The van der Waals surface area contributed by atoms with Gasteiger partial charge in [0.05, 0.1) is 30.3 Å². The van der Waals surface area contributed by atoms with E-state index in [0.29, 0.717) is 26.1 Å². The van der Waals surface area contributed by atoms with E-state index in [1.165, 1.54) is 4.31 Å². The van der Waals surface area contributed by atoms with Crippen LogP contribution < -0.4 is 5.32 Å². The Morgan fingerprint density at radius 3 is 2.32 bits per heavy atom. The van der Waals surface area contributed by atoms with Gasteiger partial charge in [0.2, 0.25) is 10.0 Å².